The van der Waals surface area contributed by atoms with Gasteiger partial charge in [0.05, 0.1) is 0 Å². The van der Waals surface area contributed by atoms with Crippen molar-refractivity contribution in [2.75, 3.05) is 0 Å². The summed E-state index contributed by atoms with van der Waals surface area (Å²) in [5.74, 6) is -1.08. The van der Waals surface area contributed by atoms with Crippen LogP contribution < -0.4 is 5.11 Å². The van der Waals surface area contributed by atoms with E-state index in [0.29, 0.717) is 0 Å². The SMILES string of the molecule is CC(=O)[O-].[Sb+3]. The van der Waals surface area contributed by atoms with E-state index in [1.165, 1.54) is 0 Å². The van der Waals surface area contributed by atoms with Crippen molar-refractivity contribution >= 4 is 30.4 Å². The van der Waals surface area contributed by atoms with Gasteiger partial charge in [0.1, 0.15) is 0 Å². The Labute approximate surface area is 47.6 Å². The number of rotatable bonds is 0. The molecular weight excluding hydrogens is 178 g/mol. The fourth-order valence-corrected chi connectivity index (χ4v) is 0. The minimum absolute atomic E-state index is 0. The van der Waals surface area contributed by atoms with Crippen LogP contribution in [0.4, 0.5) is 0 Å². The monoisotopic (exact) mass is 180 g/mol. The minimum atomic E-state index is -1.08. The van der Waals surface area contributed by atoms with Crippen LogP contribution in [0.5, 0.6) is 0 Å². The molecule has 0 aromatic rings. The number of hydrogen-bond donors (Lipinski definition) is 0. The first-order valence-electron chi connectivity index (χ1n) is 0.908. The molecule has 3 heteroatoms. The van der Waals surface area contributed by atoms with Gasteiger partial charge in [0.25, 0.3) is 0 Å². The Hall–Kier alpha value is 0.288. The van der Waals surface area contributed by atoms with Crippen molar-refractivity contribution in [3.05, 3.63) is 0 Å². The first-order chi connectivity index (χ1) is 1.73. The molecule has 0 aliphatic carbocycles. The van der Waals surface area contributed by atoms with E-state index >= 15 is 0 Å². The fraction of sp³-hybridized carbons (Fsp3) is 0.500. The van der Waals surface area contributed by atoms with Crippen LogP contribution in [0.2, 0.25) is 0 Å². The molecule has 0 unspecified atom stereocenters. The summed E-state index contributed by atoms with van der Waals surface area (Å²) in [5, 5.41) is 8.89. The van der Waals surface area contributed by atoms with Crippen molar-refractivity contribution in [2.45, 2.75) is 6.92 Å². The topological polar surface area (TPSA) is 40.1 Å². The number of aliphatic carboxylic acids is 1. The van der Waals surface area contributed by atoms with Crippen LogP contribution in [0.3, 0.4) is 0 Å². The summed E-state index contributed by atoms with van der Waals surface area (Å²) < 4.78 is 0. The van der Waals surface area contributed by atoms with Crippen LogP contribution in [0.25, 0.3) is 0 Å². The fourth-order valence-electron chi connectivity index (χ4n) is 0. The van der Waals surface area contributed by atoms with Crippen molar-refractivity contribution in [1.29, 1.82) is 0 Å². The first-order valence-corrected chi connectivity index (χ1v) is 0.908. The van der Waals surface area contributed by atoms with Crippen LogP contribution in [-0.2, 0) is 4.79 Å². The maximum Gasteiger partial charge on any atom is 3.00 e. The van der Waals surface area contributed by atoms with Crippen molar-refractivity contribution in [1.82, 2.24) is 0 Å². The van der Waals surface area contributed by atoms with Crippen LogP contribution in [-0.4, -0.2) is 30.4 Å². The normalized spacial score (nSPS) is 5.00. The molecule has 0 N–H and O–H groups in total. The molecule has 0 aromatic heterocycles. The summed E-state index contributed by atoms with van der Waals surface area (Å²) in [7, 11) is 0. The summed E-state index contributed by atoms with van der Waals surface area (Å²) in [5.41, 5.74) is 0. The van der Waals surface area contributed by atoms with Gasteiger partial charge in [-0.05, 0) is 6.92 Å². The Balaban J connectivity index is 0. The van der Waals surface area contributed by atoms with Crippen molar-refractivity contribution < 1.29 is 9.90 Å². The molecule has 5 heavy (non-hydrogen) atoms. The molecule has 26 valence electrons. The number of carboxylic acids is 1. The predicted octanol–water partition coefficient (Wildman–Crippen LogP) is -1.62. The quantitative estimate of drug-likeness (QED) is 0.421. The molecule has 2 radical (unpaired) electrons. The van der Waals surface area contributed by atoms with E-state index < -0.39 is 5.97 Å². The van der Waals surface area contributed by atoms with Crippen LogP contribution in [0.1, 0.15) is 6.92 Å². The van der Waals surface area contributed by atoms with Gasteiger partial charge in [-0.3, -0.25) is 0 Å². The smallest absolute Gasteiger partial charge is 0.550 e. The molecule has 0 aromatic carbocycles. The van der Waals surface area contributed by atoms with E-state index in [2.05, 4.69) is 0 Å². The maximum atomic E-state index is 8.89. The zero-order valence-electron chi connectivity index (χ0n) is 2.76. The third-order valence-corrected chi connectivity index (χ3v) is 0. The average molecular weight is 181 g/mol. The third-order valence-electron chi connectivity index (χ3n) is 0. The standard InChI is InChI=1S/C2H4O2.Sb/c1-2(3)4;/h1H3,(H,3,4);/q;+3/p-1. The molecule has 0 spiro atoms. The Kier molecular flexibility index (Phi) is 7.71. The third kappa shape index (κ3) is 270. The van der Waals surface area contributed by atoms with Gasteiger partial charge >= 0.3 is 24.4 Å². The van der Waals surface area contributed by atoms with Crippen LogP contribution in [0.15, 0.2) is 0 Å². The van der Waals surface area contributed by atoms with Crippen molar-refractivity contribution in [3.8, 4) is 0 Å². The number of carboxylic acid groups (broad SMARTS) is 1. The van der Waals surface area contributed by atoms with Gasteiger partial charge < -0.3 is 9.90 Å². The van der Waals surface area contributed by atoms with E-state index in [-0.39, 0.29) is 24.4 Å². The van der Waals surface area contributed by atoms with E-state index in [1.807, 2.05) is 0 Å². The second-order valence-corrected chi connectivity index (χ2v) is 0.492. The molecule has 0 amide bonds. The molecule has 0 saturated carbocycles. The summed E-state index contributed by atoms with van der Waals surface area (Å²) in [6.45, 7) is 0.972. The van der Waals surface area contributed by atoms with Crippen LogP contribution >= 0.6 is 0 Å². The Bertz CT molecular complexity index is 30.6. The van der Waals surface area contributed by atoms with Gasteiger partial charge in [-0.15, -0.1) is 0 Å². The first kappa shape index (κ1) is 8.99. The Morgan fingerprint density at radius 2 is 1.80 bits per heavy atom. The maximum absolute atomic E-state index is 8.89. The van der Waals surface area contributed by atoms with Gasteiger partial charge in [0.2, 0.25) is 0 Å². The Morgan fingerprint density at radius 1 is 1.80 bits per heavy atom. The van der Waals surface area contributed by atoms with E-state index in [0.717, 1.165) is 6.92 Å². The van der Waals surface area contributed by atoms with Gasteiger partial charge in [-0.25, -0.2) is 0 Å². The van der Waals surface area contributed by atoms with Crippen molar-refractivity contribution in [3.63, 3.8) is 0 Å². The summed E-state index contributed by atoms with van der Waals surface area (Å²) in [6, 6.07) is 0. The van der Waals surface area contributed by atoms with Gasteiger partial charge in [0, 0.05) is 5.97 Å². The Morgan fingerprint density at radius 3 is 1.80 bits per heavy atom. The van der Waals surface area contributed by atoms with E-state index in [4.69, 9.17) is 9.90 Å². The second kappa shape index (κ2) is 4.29. The zero-order chi connectivity index (χ0) is 3.58. The molecule has 0 heterocycles. The zero-order valence-corrected chi connectivity index (χ0v) is 5.32. The molecular formula is C2H3O2Sb+2. The summed E-state index contributed by atoms with van der Waals surface area (Å²) in [6.07, 6.45) is 0. The molecule has 0 bridgehead atoms. The summed E-state index contributed by atoms with van der Waals surface area (Å²) in [4.78, 5) is 8.89. The number of hydrogen-bond acceptors (Lipinski definition) is 2. The largest absolute Gasteiger partial charge is 3.00 e. The summed E-state index contributed by atoms with van der Waals surface area (Å²) >= 11 is 0. The molecule has 2 nitrogen and oxygen atoms in total. The predicted molar refractivity (Wildman–Crippen MR) is 16.4 cm³/mol. The molecule has 0 aliphatic heterocycles. The molecule has 0 rings (SSSR count). The van der Waals surface area contributed by atoms with Crippen LogP contribution in [0, 0.1) is 0 Å². The number of carbonyl (C=O) groups excluding carboxylic acids is 1. The molecule has 0 saturated heterocycles. The molecule has 0 aliphatic rings. The van der Waals surface area contributed by atoms with E-state index in [9.17, 15) is 0 Å². The van der Waals surface area contributed by atoms with E-state index in [1.54, 1.807) is 0 Å². The second-order valence-electron chi connectivity index (χ2n) is 0.492. The van der Waals surface area contributed by atoms with Crippen molar-refractivity contribution in [2.24, 2.45) is 0 Å². The number of carbonyl (C=O) groups is 1. The molecule has 0 fully saturated rings. The minimum Gasteiger partial charge on any atom is -0.550 e. The van der Waals surface area contributed by atoms with Gasteiger partial charge in [-0.2, -0.15) is 0 Å². The van der Waals surface area contributed by atoms with Gasteiger partial charge in [-0.1, -0.05) is 0 Å². The molecule has 0 atom stereocenters. The van der Waals surface area contributed by atoms with Gasteiger partial charge in [0.15, 0.2) is 0 Å². The average Bonchev–Trinajstić information content (AvgIpc) is 0.811.